The van der Waals surface area contributed by atoms with Crippen molar-refractivity contribution in [2.45, 2.75) is 63.7 Å². The molecule has 1 saturated carbocycles. The van der Waals surface area contributed by atoms with E-state index in [4.69, 9.17) is 41.0 Å². The fourth-order valence-electron chi connectivity index (χ4n) is 6.33. The Morgan fingerprint density at radius 3 is 2.15 bits per heavy atom. The molecule has 0 spiro atoms. The van der Waals surface area contributed by atoms with Gasteiger partial charge in [0.25, 0.3) is 0 Å². The van der Waals surface area contributed by atoms with Gasteiger partial charge in [0.1, 0.15) is 11.4 Å². The van der Waals surface area contributed by atoms with Crippen molar-refractivity contribution < 1.29 is 14.6 Å². The maximum atomic E-state index is 9.83. The largest absolute Gasteiger partial charge is 0.480 e. The normalized spacial score (nSPS) is 16.9. The third-order valence-electron chi connectivity index (χ3n) is 9.31. The number of nitrogens with zero attached hydrogens (tertiary/aromatic N) is 4. The van der Waals surface area contributed by atoms with Gasteiger partial charge >= 0.3 is 0 Å². The molecule has 1 aliphatic heterocycles. The number of hydrogen-bond acceptors (Lipinski definition) is 10. The summed E-state index contributed by atoms with van der Waals surface area (Å²) in [5.41, 5.74) is 8.17. The molecule has 1 aliphatic carbocycles. The van der Waals surface area contributed by atoms with Crippen molar-refractivity contribution in [3.05, 3.63) is 83.0 Å². The highest BCUT2D eigenvalue weighted by molar-refractivity contribution is 6.36. The molecule has 6 rings (SSSR count). The molecule has 246 valence electrons. The molecule has 4 aromatic rings. The third kappa shape index (κ3) is 6.96. The van der Waals surface area contributed by atoms with Crippen LogP contribution in [0.5, 0.6) is 11.8 Å². The molecule has 2 aromatic carbocycles. The quantitative estimate of drug-likeness (QED) is 0.144. The minimum Gasteiger partial charge on any atom is -0.480 e. The lowest BCUT2D eigenvalue weighted by Gasteiger charge is -2.41. The second-order valence-corrected chi connectivity index (χ2v) is 12.7. The fourth-order valence-corrected chi connectivity index (χ4v) is 6.66. The second-order valence-electron chi connectivity index (χ2n) is 12.3. The minimum atomic E-state index is -0.233. The molecule has 0 bridgehead atoms. The van der Waals surface area contributed by atoms with E-state index in [1.165, 1.54) is 0 Å². The molecular weight excluding hydrogens is 614 g/mol. The van der Waals surface area contributed by atoms with Crippen LogP contribution < -0.4 is 25.4 Å². The van der Waals surface area contributed by atoms with Gasteiger partial charge in [-0.3, -0.25) is 9.97 Å². The van der Waals surface area contributed by atoms with Gasteiger partial charge in [0.2, 0.25) is 11.8 Å². The Bertz CT molecular complexity index is 1760. The first kappa shape index (κ1) is 32.8. The maximum Gasteiger partial charge on any atom is 0.237 e. The lowest BCUT2D eigenvalue weighted by atomic mass is 9.77. The zero-order chi connectivity index (χ0) is 33.0. The second kappa shape index (κ2) is 14.4. The average molecular weight is 656 g/mol. The molecule has 10 nitrogen and oxygen atoms in total. The predicted octanol–water partition coefficient (Wildman–Crippen LogP) is 5.61. The lowest BCUT2D eigenvalue weighted by molar-refractivity contribution is 0.0865. The first-order chi connectivity index (χ1) is 22.8. The van der Waals surface area contributed by atoms with Crippen LogP contribution in [-0.2, 0) is 13.1 Å². The van der Waals surface area contributed by atoms with Gasteiger partial charge in [-0.15, -0.1) is 0 Å². The van der Waals surface area contributed by atoms with Crippen LogP contribution in [0.15, 0.2) is 61.1 Å². The van der Waals surface area contributed by atoms with Crippen molar-refractivity contribution in [3.8, 4) is 45.4 Å². The molecule has 3 heterocycles. The fraction of sp³-hybridized carbons (Fsp3) is 0.389. The van der Waals surface area contributed by atoms with Gasteiger partial charge < -0.3 is 30.5 Å². The summed E-state index contributed by atoms with van der Waals surface area (Å²) < 4.78 is 11.3. The molecule has 2 aliphatic rings. The number of nitrogens with one attached hydrogen (secondary N) is 3. The van der Waals surface area contributed by atoms with E-state index in [0.29, 0.717) is 53.0 Å². The van der Waals surface area contributed by atoms with Gasteiger partial charge in [-0.25, -0.2) is 9.97 Å². The number of methoxy groups -OCH3 is 2. The first-order valence-corrected chi connectivity index (χ1v) is 16.4. The molecule has 0 amide bonds. The third-order valence-corrected chi connectivity index (χ3v) is 9.72. The smallest absolute Gasteiger partial charge is 0.237 e. The van der Waals surface area contributed by atoms with Crippen LogP contribution in [-0.4, -0.2) is 64.0 Å². The molecule has 0 radical (unpaired) electrons. The summed E-state index contributed by atoms with van der Waals surface area (Å²) in [7, 11) is 3.21. The summed E-state index contributed by atoms with van der Waals surface area (Å²) in [6.07, 6.45) is 8.61. The number of hydrogen-bond donors (Lipinski definition) is 4. The molecule has 2 fully saturated rings. The minimum absolute atomic E-state index is 0.106. The van der Waals surface area contributed by atoms with Gasteiger partial charge in [0.05, 0.1) is 49.6 Å². The number of aliphatic hydroxyl groups is 1. The van der Waals surface area contributed by atoms with E-state index in [0.717, 1.165) is 77.9 Å². The number of ether oxygens (including phenoxy) is 2. The maximum absolute atomic E-state index is 9.83. The Morgan fingerprint density at radius 1 is 0.936 bits per heavy atom. The van der Waals surface area contributed by atoms with Crippen molar-refractivity contribution in [3.63, 3.8) is 0 Å². The van der Waals surface area contributed by atoms with Crippen LogP contribution in [0.25, 0.3) is 33.6 Å². The highest BCUT2D eigenvalue weighted by Gasteiger charge is 2.36. The summed E-state index contributed by atoms with van der Waals surface area (Å²) in [6, 6.07) is 12.4. The van der Waals surface area contributed by atoms with Crippen molar-refractivity contribution in [2.24, 2.45) is 0 Å². The van der Waals surface area contributed by atoms with Gasteiger partial charge in [0, 0.05) is 53.6 Å². The zero-order valence-corrected chi connectivity index (χ0v) is 28.0. The number of aromatic nitrogens is 4. The SMILES string of the molecule is C=C1CC[C@@H](CNCc2ncc(-c3cccc(-c4cccc(-c5cnc(CNC6(CO)CCC6)c(OC)n5)c4C)c3Cl)nc2OC)N1. The van der Waals surface area contributed by atoms with Crippen molar-refractivity contribution in [1.29, 1.82) is 0 Å². The highest BCUT2D eigenvalue weighted by Crippen LogP contribution is 2.40. The van der Waals surface area contributed by atoms with Crippen LogP contribution in [0.3, 0.4) is 0 Å². The van der Waals surface area contributed by atoms with Crippen LogP contribution in [0, 0.1) is 6.92 Å². The molecule has 1 atom stereocenters. The molecule has 11 heteroatoms. The van der Waals surface area contributed by atoms with E-state index in [-0.39, 0.29) is 12.1 Å². The summed E-state index contributed by atoms with van der Waals surface area (Å²) in [4.78, 5) is 19.0. The summed E-state index contributed by atoms with van der Waals surface area (Å²) in [6.45, 7) is 7.99. The molecule has 4 N–H and O–H groups in total. The monoisotopic (exact) mass is 655 g/mol. The van der Waals surface area contributed by atoms with E-state index < -0.39 is 0 Å². The number of aliphatic hydroxyl groups excluding tert-OH is 1. The zero-order valence-electron chi connectivity index (χ0n) is 27.2. The Kier molecular flexibility index (Phi) is 10.0. The number of rotatable bonds is 13. The lowest BCUT2D eigenvalue weighted by Crippen LogP contribution is -2.53. The average Bonchev–Trinajstić information content (AvgIpc) is 3.49. The number of benzene rings is 2. The first-order valence-electron chi connectivity index (χ1n) is 16.0. The Morgan fingerprint density at radius 2 is 1.55 bits per heavy atom. The van der Waals surface area contributed by atoms with Gasteiger partial charge in [-0.1, -0.05) is 54.6 Å². The molecule has 0 unspecified atom stereocenters. The predicted molar refractivity (Wildman–Crippen MR) is 184 cm³/mol. The van der Waals surface area contributed by atoms with Gasteiger partial charge in [-0.05, 0) is 50.2 Å². The summed E-state index contributed by atoms with van der Waals surface area (Å²) in [5, 5.41) is 20.7. The highest BCUT2D eigenvalue weighted by atomic mass is 35.5. The van der Waals surface area contributed by atoms with E-state index in [1.54, 1.807) is 26.6 Å². The van der Waals surface area contributed by atoms with Crippen molar-refractivity contribution in [2.75, 3.05) is 27.4 Å². The van der Waals surface area contributed by atoms with Crippen molar-refractivity contribution in [1.82, 2.24) is 35.9 Å². The van der Waals surface area contributed by atoms with Crippen LogP contribution >= 0.6 is 11.6 Å². The van der Waals surface area contributed by atoms with Gasteiger partial charge in [-0.2, -0.15) is 0 Å². The van der Waals surface area contributed by atoms with E-state index in [2.05, 4.69) is 35.5 Å². The molecule has 1 saturated heterocycles. The standard InChI is InChI=1S/C36H42ClN7O3/c1-22-12-13-24(42-22)16-38-17-31-34(46-3)44-30(19-39-31)28-11-6-10-27(33(28)37)25-8-5-9-26(23(25)2)29-18-40-32(35(43-29)47-4)20-41-36(21-45)14-7-15-36/h5-6,8-11,18-19,24,38,41-42,45H,1,7,12-17,20-21H2,2-4H3/t24-/m0/s1. The molecule has 47 heavy (non-hydrogen) atoms. The summed E-state index contributed by atoms with van der Waals surface area (Å²) >= 11 is 7.11. The molecular formula is C36H42ClN7O3. The van der Waals surface area contributed by atoms with E-state index in [1.807, 2.05) is 30.3 Å². The van der Waals surface area contributed by atoms with Gasteiger partial charge in [0.15, 0.2) is 0 Å². The number of allylic oxidation sites excluding steroid dienone is 1. The Balaban J connectivity index is 1.23. The van der Waals surface area contributed by atoms with Crippen LogP contribution in [0.1, 0.15) is 49.1 Å². The van der Waals surface area contributed by atoms with Crippen LogP contribution in [0.2, 0.25) is 5.02 Å². The van der Waals surface area contributed by atoms with E-state index in [9.17, 15) is 5.11 Å². The Hall–Kier alpha value is -4.09. The van der Waals surface area contributed by atoms with Crippen molar-refractivity contribution >= 4 is 11.6 Å². The number of halogens is 1. The van der Waals surface area contributed by atoms with E-state index >= 15 is 0 Å². The summed E-state index contributed by atoms with van der Waals surface area (Å²) in [5.74, 6) is 0.920. The van der Waals surface area contributed by atoms with Crippen LogP contribution in [0.4, 0.5) is 0 Å². The Labute approximate surface area is 281 Å². The molecule has 2 aromatic heterocycles. The topological polar surface area (TPSA) is 126 Å².